The molecule has 0 aliphatic carbocycles. The van der Waals surface area contributed by atoms with E-state index in [0.717, 1.165) is 41.2 Å². The van der Waals surface area contributed by atoms with Crippen molar-refractivity contribution in [3.63, 3.8) is 0 Å². The summed E-state index contributed by atoms with van der Waals surface area (Å²) in [4.78, 5) is 4.64. The van der Waals surface area contributed by atoms with Crippen molar-refractivity contribution in [1.82, 2.24) is 9.55 Å². The lowest BCUT2D eigenvalue weighted by Gasteiger charge is -2.25. The summed E-state index contributed by atoms with van der Waals surface area (Å²) in [6.07, 6.45) is 1.90. The number of imidazole rings is 1. The summed E-state index contributed by atoms with van der Waals surface area (Å²) in [5.74, 6) is 2.92. The third-order valence-electron chi connectivity index (χ3n) is 3.57. The smallest absolute Gasteiger partial charge is 0.125 e. The lowest BCUT2D eigenvalue weighted by Crippen LogP contribution is -2.22. The zero-order valence-electron chi connectivity index (χ0n) is 10.3. The van der Waals surface area contributed by atoms with Crippen molar-refractivity contribution < 1.29 is 4.21 Å². The van der Waals surface area contributed by atoms with Gasteiger partial charge in [-0.1, -0.05) is 0 Å². The molecule has 1 fully saturated rings. The SMILES string of the molecule is O=S1CCC(n2c(CCl)nc3cc(I)ccc32)CC1. The van der Waals surface area contributed by atoms with E-state index in [4.69, 9.17) is 11.6 Å². The Kier molecular flexibility index (Phi) is 4.14. The predicted octanol–water partition coefficient (Wildman–Crippen LogP) is 3.46. The molecule has 1 aromatic carbocycles. The summed E-state index contributed by atoms with van der Waals surface area (Å²) < 4.78 is 14.9. The zero-order chi connectivity index (χ0) is 13.4. The van der Waals surface area contributed by atoms with Gasteiger partial charge >= 0.3 is 0 Å². The summed E-state index contributed by atoms with van der Waals surface area (Å²) in [5, 5.41) is 0. The number of hydrogen-bond acceptors (Lipinski definition) is 2. The van der Waals surface area contributed by atoms with E-state index in [1.807, 2.05) is 0 Å². The van der Waals surface area contributed by atoms with E-state index >= 15 is 0 Å². The molecular formula is C13H14ClIN2OS. The van der Waals surface area contributed by atoms with Gasteiger partial charge in [0, 0.05) is 31.9 Å². The van der Waals surface area contributed by atoms with Gasteiger partial charge in [0.2, 0.25) is 0 Å². The number of aromatic nitrogens is 2. The summed E-state index contributed by atoms with van der Waals surface area (Å²) in [5.41, 5.74) is 2.16. The van der Waals surface area contributed by atoms with Crippen molar-refractivity contribution in [2.45, 2.75) is 24.8 Å². The summed E-state index contributed by atoms with van der Waals surface area (Å²) in [6.45, 7) is 0. The van der Waals surface area contributed by atoms with Crippen LogP contribution >= 0.6 is 34.2 Å². The number of fused-ring (bicyclic) bond motifs is 1. The zero-order valence-corrected chi connectivity index (χ0v) is 14.0. The Hall–Kier alpha value is -0.140. The van der Waals surface area contributed by atoms with Gasteiger partial charge in [0.1, 0.15) is 5.82 Å². The van der Waals surface area contributed by atoms with Crippen LogP contribution < -0.4 is 0 Å². The second-order valence-electron chi connectivity index (χ2n) is 4.74. The number of rotatable bonds is 2. The van der Waals surface area contributed by atoms with Crippen LogP contribution in [-0.2, 0) is 16.7 Å². The third-order valence-corrected chi connectivity index (χ3v) is 5.86. The number of benzene rings is 1. The van der Waals surface area contributed by atoms with E-state index in [-0.39, 0.29) is 0 Å². The van der Waals surface area contributed by atoms with E-state index in [1.165, 1.54) is 3.57 Å². The van der Waals surface area contributed by atoms with Gasteiger partial charge < -0.3 is 4.57 Å². The Morgan fingerprint density at radius 2 is 2.16 bits per heavy atom. The van der Waals surface area contributed by atoms with Crippen molar-refractivity contribution in [2.24, 2.45) is 0 Å². The van der Waals surface area contributed by atoms with E-state index in [2.05, 4.69) is 50.3 Å². The molecule has 0 spiro atoms. The van der Waals surface area contributed by atoms with Crippen LogP contribution in [0.2, 0.25) is 0 Å². The fourth-order valence-electron chi connectivity index (χ4n) is 2.66. The number of nitrogens with zero attached hydrogens (tertiary/aromatic N) is 2. The van der Waals surface area contributed by atoms with Crippen molar-refractivity contribution >= 4 is 56.0 Å². The number of alkyl halides is 1. The lowest BCUT2D eigenvalue weighted by atomic mass is 10.1. The molecule has 3 rings (SSSR count). The van der Waals surface area contributed by atoms with Gasteiger partial charge in [-0.25, -0.2) is 4.98 Å². The molecule has 0 radical (unpaired) electrons. The van der Waals surface area contributed by atoms with Gasteiger partial charge in [-0.15, -0.1) is 11.6 Å². The molecule has 0 unspecified atom stereocenters. The van der Waals surface area contributed by atoms with Gasteiger partial charge in [-0.3, -0.25) is 4.21 Å². The van der Waals surface area contributed by atoms with E-state index in [1.54, 1.807) is 0 Å². The maximum Gasteiger partial charge on any atom is 0.125 e. The molecular weight excluding hydrogens is 395 g/mol. The van der Waals surface area contributed by atoms with Gasteiger partial charge in [0.25, 0.3) is 0 Å². The number of hydrogen-bond donors (Lipinski definition) is 0. The van der Waals surface area contributed by atoms with Crippen LogP contribution in [0.25, 0.3) is 11.0 Å². The summed E-state index contributed by atoms with van der Waals surface area (Å²) in [6, 6.07) is 6.69. The minimum Gasteiger partial charge on any atom is -0.324 e. The molecule has 0 saturated carbocycles. The minimum absolute atomic E-state index is 0.386. The first-order valence-electron chi connectivity index (χ1n) is 6.26. The number of halogens is 2. The Morgan fingerprint density at radius 3 is 2.84 bits per heavy atom. The second-order valence-corrected chi connectivity index (χ2v) is 7.95. The summed E-state index contributed by atoms with van der Waals surface area (Å²) in [7, 11) is -0.636. The Bertz CT molecular complexity index is 633. The van der Waals surface area contributed by atoms with Crippen LogP contribution in [0.1, 0.15) is 24.7 Å². The molecule has 19 heavy (non-hydrogen) atoms. The largest absolute Gasteiger partial charge is 0.324 e. The molecule has 6 heteroatoms. The normalized spacial score (nSPS) is 23.9. The molecule has 102 valence electrons. The van der Waals surface area contributed by atoms with Gasteiger partial charge in [0.05, 0.1) is 16.9 Å². The molecule has 1 aliphatic heterocycles. The van der Waals surface area contributed by atoms with Crippen molar-refractivity contribution in [2.75, 3.05) is 11.5 Å². The van der Waals surface area contributed by atoms with Crippen LogP contribution in [-0.4, -0.2) is 25.3 Å². The third kappa shape index (κ3) is 2.69. The second kappa shape index (κ2) is 5.69. The van der Waals surface area contributed by atoms with Crippen LogP contribution in [0.15, 0.2) is 18.2 Å². The predicted molar refractivity (Wildman–Crippen MR) is 88.2 cm³/mol. The summed E-state index contributed by atoms with van der Waals surface area (Å²) >= 11 is 8.34. The minimum atomic E-state index is -0.636. The van der Waals surface area contributed by atoms with Crippen LogP contribution in [0.3, 0.4) is 0 Å². The Labute approximate surface area is 133 Å². The van der Waals surface area contributed by atoms with E-state index in [9.17, 15) is 4.21 Å². The highest BCUT2D eigenvalue weighted by molar-refractivity contribution is 14.1. The molecule has 1 aromatic heterocycles. The quantitative estimate of drug-likeness (QED) is 0.563. The maximum atomic E-state index is 11.5. The molecule has 1 saturated heterocycles. The van der Waals surface area contributed by atoms with Crippen LogP contribution in [0.5, 0.6) is 0 Å². The highest BCUT2D eigenvalue weighted by atomic mass is 127. The van der Waals surface area contributed by atoms with E-state index < -0.39 is 10.8 Å². The highest BCUT2D eigenvalue weighted by Crippen LogP contribution is 2.30. The average molecular weight is 409 g/mol. The molecule has 0 N–H and O–H groups in total. The lowest BCUT2D eigenvalue weighted by molar-refractivity contribution is 0.462. The van der Waals surface area contributed by atoms with Gasteiger partial charge in [-0.2, -0.15) is 0 Å². The monoisotopic (exact) mass is 408 g/mol. The van der Waals surface area contributed by atoms with Crippen LogP contribution in [0, 0.1) is 3.57 Å². The van der Waals surface area contributed by atoms with Crippen LogP contribution in [0.4, 0.5) is 0 Å². The molecule has 0 amide bonds. The van der Waals surface area contributed by atoms with Crippen molar-refractivity contribution in [3.8, 4) is 0 Å². The Balaban J connectivity index is 2.08. The average Bonchev–Trinajstić information content (AvgIpc) is 2.77. The van der Waals surface area contributed by atoms with Gasteiger partial charge in [0.15, 0.2) is 0 Å². The molecule has 1 aliphatic rings. The molecule has 0 bridgehead atoms. The maximum absolute atomic E-state index is 11.5. The Morgan fingerprint density at radius 1 is 1.42 bits per heavy atom. The van der Waals surface area contributed by atoms with Gasteiger partial charge in [-0.05, 0) is 53.6 Å². The first-order chi connectivity index (χ1) is 9.19. The van der Waals surface area contributed by atoms with Crippen molar-refractivity contribution in [3.05, 3.63) is 27.6 Å². The molecule has 0 atom stereocenters. The standard InChI is InChI=1S/C13H14ClIN2OS/c14-8-13-16-11-7-9(15)1-2-12(11)17(13)10-3-5-19(18)6-4-10/h1-2,7,10H,3-6,8H2. The highest BCUT2D eigenvalue weighted by Gasteiger charge is 2.23. The van der Waals surface area contributed by atoms with Crippen molar-refractivity contribution in [1.29, 1.82) is 0 Å². The van der Waals surface area contributed by atoms with E-state index in [0.29, 0.717) is 11.9 Å². The fourth-order valence-corrected chi connectivity index (χ4v) is 4.60. The molecule has 3 nitrogen and oxygen atoms in total. The molecule has 2 aromatic rings. The first kappa shape index (κ1) is 13.8. The fraction of sp³-hybridized carbons (Fsp3) is 0.462. The first-order valence-corrected chi connectivity index (χ1v) is 9.36. The topological polar surface area (TPSA) is 34.9 Å². The molecule has 2 heterocycles.